The van der Waals surface area contributed by atoms with Crippen molar-refractivity contribution in [3.05, 3.63) is 68.8 Å². The lowest BCUT2D eigenvalue weighted by Gasteiger charge is -2.29. The molecule has 0 bridgehead atoms. The maximum Gasteiger partial charge on any atom is 0.273 e. The number of nitrogens with zero attached hydrogens (tertiary/aromatic N) is 2. The molecule has 2 amide bonds. The summed E-state index contributed by atoms with van der Waals surface area (Å²) in [5.41, 5.74) is 3.30. The van der Waals surface area contributed by atoms with E-state index < -0.39 is 10.8 Å². The first-order valence-electron chi connectivity index (χ1n) is 8.85. The lowest BCUT2D eigenvalue weighted by atomic mass is 9.98. The molecule has 140 valence electrons. The number of fused-ring (bicyclic) bond motifs is 1. The van der Waals surface area contributed by atoms with Gasteiger partial charge in [0, 0.05) is 42.4 Å². The van der Waals surface area contributed by atoms with Crippen molar-refractivity contribution >= 4 is 23.2 Å². The Labute approximate surface area is 157 Å². The number of benzene rings is 2. The van der Waals surface area contributed by atoms with Crippen LogP contribution in [-0.2, 0) is 17.8 Å². The van der Waals surface area contributed by atoms with Gasteiger partial charge >= 0.3 is 0 Å². The Morgan fingerprint density at radius 1 is 1.22 bits per heavy atom. The fourth-order valence-corrected chi connectivity index (χ4v) is 3.34. The number of hydrogen-bond acceptors (Lipinski definition) is 4. The standard InChI is InChI=1S/C20H21N3O4/c1-3-19(24)22-10-9-14-7-8-16(11-15(14)12-22)21-20(25)17-5-4-6-18(13(17)2)23(26)27/h4-8,11H,3,9-10,12H2,1-2H3,(H,21,25). The fraction of sp³-hybridized carbons (Fsp3) is 0.300. The molecule has 7 nitrogen and oxygen atoms in total. The number of rotatable bonds is 4. The number of nitro benzene ring substituents is 1. The minimum atomic E-state index is -0.496. The second-order valence-electron chi connectivity index (χ2n) is 6.56. The molecule has 1 aliphatic rings. The van der Waals surface area contributed by atoms with Gasteiger partial charge in [-0.2, -0.15) is 0 Å². The summed E-state index contributed by atoms with van der Waals surface area (Å²) in [7, 11) is 0. The van der Waals surface area contributed by atoms with E-state index in [-0.39, 0.29) is 17.2 Å². The number of nitrogens with one attached hydrogen (secondary N) is 1. The van der Waals surface area contributed by atoms with Crippen LogP contribution in [0.1, 0.15) is 40.4 Å². The van der Waals surface area contributed by atoms with Crippen LogP contribution in [0.4, 0.5) is 11.4 Å². The van der Waals surface area contributed by atoms with Gasteiger partial charge in [-0.05, 0) is 42.7 Å². The zero-order valence-corrected chi connectivity index (χ0v) is 15.3. The Kier molecular flexibility index (Phi) is 5.21. The van der Waals surface area contributed by atoms with Crippen LogP contribution in [0.25, 0.3) is 0 Å². The number of carbonyl (C=O) groups excluding carboxylic acids is 2. The van der Waals surface area contributed by atoms with Gasteiger partial charge in [0.25, 0.3) is 11.6 Å². The lowest BCUT2D eigenvalue weighted by molar-refractivity contribution is -0.385. The van der Waals surface area contributed by atoms with Gasteiger partial charge in [-0.1, -0.05) is 19.1 Å². The third-order valence-electron chi connectivity index (χ3n) is 4.88. The molecule has 27 heavy (non-hydrogen) atoms. The summed E-state index contributed by atoms with van der Waals surface area (Å²) in [5.74, 6) is -0.282. The number of amides is 2. The highest BCUT2D eigenvalue weighted by Gasteiger charge is 2.21. The van der Waals surface area contributed by atoms with Gasteiger partial charge in [0.05, 0.1) is 4.92 Å². The van der Waals surface area contributed by atoms with Crippen LogP contribution >= 0.6 is 0 Å². The zero-order chi connectivity index (χ0) is 19.6. The van der Waals surface area contributed by atoms with Gasteiger partial charge in [0.1, 0.15) is 0 Å². The molecule has 0 unspecified atom stereocenters. The summed E-state index contributed by atoms with van der Waals surface area (Å²) < 4.78 is 0. The Morgan fingerprint density at radius 3 is 2.70 bits per heavy atom. The average molecular weight is 367 g/mol. The fourth-order valence-electron chi connectivity index (χ4n) is 3.34. The molecule has 1 heterocycles. The highest BCUT2D eigenvalue weighted by atomic mass is 16.6. The number of hydrogen-bond donors (Lipinski definition) is 1. The highest BCUT2D eigenvalue weighted by Crippen LogP contribution is 2.25. The summed E-state index contributed by atoms with van der Waals surface area (Å²) in [5, 5.41) is 13.9. The molecule has 7 heteroatoms. The van der Waals surface area contributed by atoms with Gasteiger partial charge in [-0.25, -0.2) is 0 Å². The second kappa shape index (κ2) is 7.57. The van der Waals surface area contributed by atoms with Crippen molar-refractivity contribution in [1.82, 2.24) is 4.90 Å². The van der Waals surface area contributed by atoms with Crippen molar-refractivity contribution in [1.29, 1.82) is 0 Å². The first-order valence-corrected chi connectivity index (χ1v) is 8.85. The largest absolute Gasteiger partial charge is 0.338 e. The Balaban J connectivity index is 1.81. The smallest absolute Gasteiger partial charge is 0.273 e. The predicted octanol–water partition coefficient (Wildman–Crippen LogP) is 3.45. The molecule has 1 aliphatic heterocycles. The Bertz CT molecular complexity index is 923. The molecule has 0 radical (unpaired) electrons. The molecule has 2 aromatic carbocycles. The molecule has 1 N–H and O–H groups in total. The average Bonchev–Trinajstić information content (AvgIpc) is 2.66. The predicted molar refractivity (Wildman–Crippen MR) is 102 cm³/mol. The SMILES string of the molecule is CCC(=O)N1CCc2ccc(NC(=O)c3cccc([N+](=O)[O-])c3C)cc2C1. The van der Waals surface area contributed by atoms with E-state index in [1.807, 2.05) is 30.0 Å². The van der Waals surface area contributed by atoms with Gasteiger partial charge in [0.15, 0.2) is 0 Å². The van der Waals surface area contributed by atoms with Crippen LogP contribution in [0.2, 0.25) is 0 Å². The van der Waals surface area contributed by atoms with E-state index in [4.69, 9.17) is 0 Å². The third-order valence-corrected chi connectivity index (χ3v) is 4.88. The Morgan fingerprint density at radius 2 is 2.00 bits per heavy atom. The van der Waals surface area contributed by atoms with E-state index in [0.717, 1.165) is 12.0 Å². The normalized spacial score (nSPS) is 13.0. The van der Waals surface area contributed by atoms with Crippen LogP contribution < -0.4 is 5.32 Å². The van der Waals surface area contributed by atoms with Crippen LogP contribution in [0.15, 0.2) is 36.4 Å². The van der Waals surface area contributed by atoms with E-state index in [1.165, 1.54) is 17.7 Å². The summed E-state index contributed by atoms with van der Waals surface area (Å²) in [6.45, 7) is 4.64. The molecule has 0 saturated carbocycles. The van der Waals surface area contributed by atoms with Gasteiger partial charge < -0.3 is 10.2 Å². The molecule has 0 fully saturated rings. The molecule has 2 aromatic rings. The molecule has 0 aromatic heterocycles. The van der Waals surface area contributed by atoms with Crippen LogP contribution in [0.5, 0.6) is 0 Å². The second-order valence-corrected chi connectivity index (χ2v) is 6.56. The summed E-state index contributed by atoms with van der Waals surface area (Å²) in [4.78, 5) is 36.9. The first-order chi connectivity index (χ1) is 12.9. The van der Waals surface area contributed by atoms with Crippen LogP contribution in [0.3, 0.4) is 0 Å². The summed E-state index contributed by atoms with van der Waals surface area (Å²) in [6, 6.07) is 10.1. The van der Waals surface area contributed by atoms with E-state index in [1.54, 1.807) is 13.0 Å². The first kappa shape index (κ1) is 18.6. The molecule has 3 rings (SSSR count). The molecule has 0 aliphatic carbocycles. The third kappa shape index (κ3) is 3.81. The minimum absolute atomic E-state index is 0.0817. The van der Waals surface area contributed by atoms with Crippen molar-refractivity contribution in [3.8, 4) is 0 Å². The van der Waals surface area contributed by atoms with Gasteiger partial charge in [-0.15, -0.1) is 0 Å². The van der Waals surface area contributed by atoms with Crippen molar-refractivity contribution in [2.24, 2.45) is 0 Å². The van der Waals surface area contributed by atoms with Gasteiger partial charge in [0.2, 0.25) is 5.91 Å². The van der Waals surface area contributed by atoms with Crippen LogP contribution in [-0.4, -0.2) is 28.2 Å². The van der Waals surface area contributed by atoms with E-state index in [9.17, 15) is 19.7 Å². The molecule has 0 atom stereocenters. The topological polar surface area (TPSA) is 92.6 Å². The van der Waals surface area contributed by atoms with Crippen molar-refractivity contribution < 1.29 is 14.5 Å². The summed E-state index contributed by atoms with van der Waals surface area (Å²) >= 11 is 0. The molecular formula is C20H21N3O4. The highest BCUT2D eigenvalue weighted by molar-refractivity contribution is 6.05. The molecular weight excluding hydrogens is 346 g/mol. The minimum Gasteiger partial charge on any atom is -0.338 e. The maximum atomic E-state index is 12.6. The van der Waals surface area contributed by atoms with Gasteiger partial charge in [-0.3, -0.25) is 19.7 Å². The van der Waals surface area contributed by atoms with Crippen LogP contribution in [0, 0.1) is 17.0 Å². The molecule has 0 spiro atoms. The molecule has 0 saturated heterocycles. The van der Waals surface area contributed by atoms with Crippen molar-refractivity contribution in [2.45, 2.75) is 33.2 Å². The van der Waals surface area contributed by atoms with Crippen molar-refractivity contribution in [2.75, 3.05) is 11.9 Å². The van der Waals surface area contributed by atoms with E-state index in [0.29, 0.717) is 30.8 Å². The number of anilines is 1. The lowest BCUT2D eigenvalue weighted by Crippen LogP contribution is -2.35. The number of nitro groups is 1. The number of carbonyl (C=O) groups is 2. The maximum absolute atomic E-state index is 12.6. The monoisotopic (exact) mass is 367 g/mol. The zero-order valence-electron chi connectivity index (χ0n) is 15.3. The summed E-state index contributed by atoms with van der Waals surface area (Å²) in [6.07, 6.45) is 1.26. The van der Waals surface area contributed by atoms with Crippen molar-refractivity contribution in [3.63, 3.8) is 0 Å². The quantitative estimate of drug-likeness (QED) is 0.662. The Hall–Kier alpha value is -3.22. The van der Waals surface area contributed by atoms with E-state index in [2.05, 4.69) is 5.32 Å². The van der Waals surface area contributed by atoms with E-state index >= 15 is 0 Å².